The normalized spacial score (nSPS) is 35.7. The van der Waals surface area contributed by atoms with Crippen LogP contribution in [0.4, 0.5) is 4.79 Å². The number of rotatable bonds is 4. The molecule has 2 fully saturated rings. The first-order valence-corrected chi connectivity index (χ1v) is 7.77. The van der Waals surface area contributed by atoms with Crippen molar-refractivity contribution >= 4 is 12.0 Å². The van der Waals surface area contributed by atoms with Crippen LogP contribution in [0.5, 0.6) is 0 Å². The summed E-state index contributed by atoms with van der Waals surface area (Å²) in [5.74, 6) is -0.307. The van der Waals surface area contributed by atoms with Crippen molar-refractivity contribution in [3.8, 4) is 0 Å². The maximum Gasteiger partial charge on any atom is 0.329 e. The second-order valence-corrected chi connectivity index (χ2v) is 6.89. The molecule has 0 radical (unpaired) electrons. The van der Waals surface area contributed by atoms with Gasteiger partial charge < -0.3 is 20.4 Å². The van der Waals surface area contributed by atoms with E-state index in [0.29, 0.717) is 31.2 Å². The summed E-state index contributed by atoms with van der Waals surface area (Å²) in [6.07, 6.45) is 4.03. The van der Waals surface area contributed by atoms with Crippen molar-refractivity contribution in [2.45, 2.75) is 57.1 Å². The molecule has 0 spiro atoms. The topological polar surface area (TPSA) is 89.9 Å². The summed E-state index contributed by atoms with van der Waals surface area (Å²) in [5.41, 5.74) is -1.12. The highest BCUT2D eigenvalue weighted by molar-refractivity contribution is 5.86. The van der Waals surface area contributed by atoms with E-state index in [1.165, 1.54) is 0 Å². The second kappa shape index (κ2) is 6.22. The highest BCUT2D eigenvalue weighted by Crippen LogP contribution is 2.33. The van der Waals surface area contributed by atoms with E-state index < -0.39 is 11.5 Å². The Kier molecular flexibility index (Phi) is 4.76. The lowest BCUT2D eigenvalue weighted by Gasteiger charge is -2.39. The summed E-state index contributed by atoms with van der Waals surface area (Å²) >= 11 is 0. The quantitative estimate of drug-likeness (QED) is 0.732. The molecule has 2 rings (SSSR count). The summed E-state index contributed by atoms with van der Waals surface area (Å²) in [4.78, 5) is 25.5. The first-order chi connectivity index (χ1) is 9.82. The van der Waals surface area contributed by atoms with Crippen LogP contribution in [0.3, 0.4) is 0 Å². The summed E-state index contributed by atoms with van der Waals surface area (Å²) in [7, 11) is 1.68. The van der Waals surface area contributed by atoms with Crippen LogP contribution in [0.25, 0.3) is 0 Å². The van der Waals surface area contributed by atoms with Crippen LogP contribution in [0.2, 0.25) is 0 Å². The van der Waals surface area contributed by atoms with Crippen molar-refractivity contribution in [1.29, 1.82) is 0 Å². The Morgan fingerprint density at radius 1 is 1.38 bits per heavy atom. The molecule has 0 aromatic carbocycles. The van der Waals surface area contributed by atoms with Gasteiger partial charge in [-0.05, 0) is 37.5 Å². The van der Waals surface area contributed by atoms with E-state index in [1.807, 2.05) is 6.92 Å². The number of aliphatic hydroxyl groups is 1. The van der Waals surface area contributed by atoms with Crippen LogP contribution >= 0.6 is 0 Å². The van der Waals surface area contributed by atoms with Gasteiger partial charge >= 0.3 is 12.0 Å². The van der Waals surface area contributed by atoms with Crippen molar-refractivity contribution in [1.82, 2.24) is 10.2 Å². The highest BCUT2D eigenvalue weighted by atomic mass is 16.4. The Morgan fingerprint density at radius 2 is 2.05 bits per heavy atom. The molecule has 2 amide bonds. The van der Waals surface area contributed by atoms with Crippen molar-refractivity contribution < 1.29 is 19.8 Å². The number of carboxylic acid groups (broad SMARTS) is 1. The molecule has 2 saturated carbocycles. The molecule has 2 aliphatic carbocycles. The Morgan fingerprint density at radius 3 is 2.57 bits per heavy atom. The molecule has 0 bridgehead atoms. The Labute approximate surface area is 125 Å². The number of nitrogens with one attached hydrogen (secondary N) is 1. The zero-order valence-corrected chi connectivity index (χ0v) is 12.8. The number of carboxylic acids is 1. The predicted octanol–water partition coefficient (Wildman–Crippen LogP) is 1.43. The summed E-state index contributed by atoms with van der Waals surface area (Å²) in [6, 6.07) is -0.326. The fourth-order valence-electron chi connectivity index (χ4n) is 3.53. The van der Waals surface area contributed by atoms with Crippen LogP contribution in [-0.2, 0) is 4.79 Å². The third-order valence-electron chi connectivity index (χ3n) is 4.84. The fourth-order valence-corrected chi connectivity index (χ4v) is 3.53. The second-order valence-electron chi connectivity index (χ2n) is 6.89. The first kappa shape index (κ1) is 16.1. The first-order valence-electron chi connectivity index (χ1n) is 7.77. The van der Waals surface area contributed by atoms with Crippen LogP contribution in [-0.4, -0.2) is 52.3 Å². The third kappa shape index (κ3) is 3.67. The van der Waals surface area contributed by atoms with Gasteiger partial charge in [0.1, 0.15) is 5.54 Å². The third-order valence-corrected chi connectivity index (χ3v) is 4.84. The molecule has 0 aromatic rings. The molecule has 21 heavy (non-hydrogen) atoms. The van der Waals surface area contributed by atoms with Crippen LogP contribution < -0.4 is 5.32 Å². The van der Waals surface area contributed by atoms with Gasteiger partial charge in [-0.25, -0.2) is 9.59 Å². The molecule has 3 N–H and O–H groups in total. The molecular weight excluding hydrogens is 272 g/mol. The number of aliphatic hydroxyl groups excluding tert-OH is 1. The number of carbonyl (C=O) groups is 2. The van der Waals surface area contributed by atoms with E-state index in [1.54, 1.807) is 11.9 Å². The van der Waals surface area contributed by atoms with Gasteiger partial charge in [-0.1, -0.05) is 19.8 Å². The van der Waals surface area contributed by atoms with E-state index in [4.69, 9.17) is 0 Å². The number of urea groups is 1. The minimum absolute atomic E-state index is 0.240. The van der Waals surface area contributed by atoms with Gasteiger partial charge in [-0.3, -0.25) is 0 Å². The van der Waals surface area contributed by atoms with Gasteiger partial charge in [0.25, 0.3) is 0 Å². The number of amides is 2. The lowest BCUT2D eigenvalue weighted by Crippen LogP contribution is -2.59. The van der Waals surface area contributed by atoms with Gasteiger partial charge in [0.05, 0.1) is 6.10 Å². The zero-order chi connectivity index (χ0) is 15.6. The minimum Gasteiger partial charge on any atom is -0.480 e. The molecule has 0 aliphatic heterocycles. The summed E-state index contributed by atoms with van der Waals surface area (Å²) in [5, 5.41) is 21.6. The molecular formula is C15H26N2O4. The maximum atomic E-state index is 12.3. The average Bonchev–Trinajstić information content (AvgIpc) is 2.36. The molecule has 6 heteroatoms. The standard InChI is InChI=1S/C15H26N2O4/c1-10-4-3-5-15(8-10,13(19)20)16-14(21)17(2)9-11-6-12(18)7-11/h10-12,18H,3-9H2,1-2H3,(H,16,21)(H,19,20). The molecule has 2 unspecified atom stereocenters. The van der Waals surface area contributed by atoms with Crippen molar-refractivity contribution in [2.24, 2.45) is 11.8 Å². The lowest BCUT2D eigenvalue weighted by molar-refractivity contribution is -0.146. The predicted molar refractivity (Wildman–Crippen MR) is 77.9 cm³/mol. The van der Waals surface area contributed by atoms with Crippen LogP contribution in [0, 0.1) is 11.8 Å². The summed E-state index contributed by atoms with van der Waals surface area (Å²) < 4.78 is 0. The van der Waals surface area contributed by atoms with Gasteiger partial charge in [0, 0.05) is 13.6 Å². The number of carbonyl (C=O) groups excluding carboxylic acids is 1. The smallest absolute Gasteiger partial charge is 0.329 e. The van der Waals surface area contributed by atoms with Crippen molar-refractivity contribution in [3.05, 3.63) is 0 Å². The van der Waals surface area contributed by atoms with E-state index in [-0.39, 0.29) is 12.1 Å². The number of nitrogens with zero attached hydrogens (tertiary/aromatic N) is 1. The lowest BCUT2D eigenvalue weighted by atomic mass is 9.76. The maximum absolute atomic E-state index is 12.3. The van der Waals surface area contributed by atoms with Gasteiger partial charge in [-0.2, -0.15) is 0 Å². The molecule has 2 atom stereocenters. The van der Waals surface area contributed by atoms with E-state index in [9.17, 15) is 19.8 Å². The Hall–Kier alpha value is -1.30. The molecule has 0 aromatic heterocycles. The Bertz CT molecular complexity index is 408. The number of hydrogen-bond donors (Lipinski definition) is 3. The van der Waals surface area contributed by atoms with Crippen LogP contribution in [0.15, 0.2) is 0 Å². The zero-order valence-electron chi connectivity index (χ0n) is 12.8. The van der Waals surface area contributed by atoms with Gasteiger partial charge in [-0.15, -0.1) is 0 Å². The van der Waals surface area contributed by atoms with E-state index in [0.717, 1.165) is 25.7 Å². The van der Waals surface area contributed by atoms with Crippen molar-refractivity contribution in [3.63, 3.8) is 0 Å². The van der Waals surface area contributed by atoms with Gasteiger partial charge in [0.2, 0.25) is 0 Å². The SMILES string of the molecule is CC1CCCC(NC(=O)N(C)CC2CC(O)C2)(C(=O)O)C1. The largest absolute Gasteiger partial charge is 0.480 e. The van der Waals surface area contributed by atoms with Crippen molar-refractivity contribution in [2.75, 3.05) is 13.6 Å². The van der Waals surface area contributed by atoms with Gasteiger partial charge in [0.15, 0.2) is 0 Å². The molecule has 120 valence electrons. The highest BCUT2D eigenvalue weighted by Gasteiger charge is 2.44. The fraction of sp³-hybridized carbons (Fsp3) is 0.867. The molecule has 6 nitrogen and oxygen atoms in total. The number of aliphatic carboxylic acids is 1. The summed E-state index contributed by atoms with van der Waals surface area (Å²) in [6.45, 7) is 2.59. The Balaban J connectivity index is 1.93. The molecule has 2 aliphatic rings. The van der Waals surface area contributed by atoms with E-state index >= 15 is 0 Å². The number of hydrogen-bond acceptors (Lipinski definition) is 3. The monoisotopic (exact) mass is 298 g/mol. The minimum atomic E-state index is -1.12. The van der Waals surface area contributed by atoms with E-state index in [2.05, 4.69) is 5.32 Å². The molecule has 0 heterocycles. The van der Waals surface area contributed by atoms with Crippen LogP contribution in [0.1, 0.15) is 45.4 Å². The average molecular weight is 298 g/mol. The molecule has 0 saturated heterocycles.